The molecule has 0 fully saturated rings. The third-order valence-electron chi connectivity index (χ3n) is 2.65. The first-order valence-electron chi connectivity index (χ1n) is 6.41. The van der Waals surface area contributed by atoms with Crippen LogP contribution in [0.4, 0.5) is 4.79 Å². The van der Waals surface area contributed by atoms with E-state index in [2.05, 4.69) is 31.4 Å². The van der Waals surface area contributed by atoms with Crippen molar-refractivity contribution in [3.05, 3.63) is 0 Å². The number of carbonyl (C=O) groups excluding carboxylic acids is 1. The van der Waals surface area contributed by atoms with E-state index in [0.29, 0.717) is 6.04 Å². The van der Waals surface area contributed by atoms with Crippen molar-refractivity contribution in [2.24, 2.45) is 0 Å². The van der Waals surface area contributed by atoms with Crippen LogP contribution in [0, 0.1) is 0 Å². The zero-order chi connectivity index (χ0) is 13.6. The maximum atomic E-state index is 11.6. The van der Waals surface area contributed by atoms with Crippen LogP contribution >= 0.6 is 0 Å². The van der Waals surface area contributed by atoms with Gasteiger partial charge in [-0.3, -0.25) is 0 Å². The molecule has 0 saturated carbocycles. The lowest BCUT2D eigenvalue weighted by atomic mass is 10.1. The molecule has 3 unspecified atom stereocenters. The molecule has 0 aliphatic rings. The smallest absolute Gasteiger partial charge is 0.407 e. The lowest BCUT2D eigenvalue weighted by molar-refractivity contribution is 0.0498. The summed E-state index contributed by atoms with van der Waals surface area (Å²) in [5.41, 5.74) is -0.447. The monoisotopic (exact) mass is 244 g/mol. The standard InChI is InChI=1S/C13H28N2O2/c1-8-9(2)14-10(3)11(4)15-12(16)17-13(5,6)7/h9-11,14H,8H2,1-7H3,(H,15,16). The highest BCUT2D eigenvalue weighted by Crippen LogP contribution is 2.07. The van der Waals surface area contributed by atoms with Gasteiger partial charge in [-0.05, 0) is 48.0 Å². The molecule has 0 heterocycles. The number of hydrogen-bond donors (Lipinski definition) is 2. The van der Waals surface area contributed by atoms with Crippen molar-refractivity contribution in [3.63, 3.8) is 0 Å². The number of amides is 1. The fourth-order valence-corrected chi connectivity index (χ4v) is 1.33. The van der Waals surface area contributed by atoms with Gasteiger partial charge in [0.15, 0.2) is 0 Å². The normalized spacial score (nSPS) is 17.1. The lowest BCUT2D eigenvalue weighted by Crippen LogP contribution is -2.50. The predicted octanol–water partition coefficient (Wildman–Crippen LogP) is 2.68. The van der Waals surface area contributed by atoms with Crippen LogP contribution in [0.25, 0.3) is 0 Å². The predicted molar refractivity (Wildman–Crippen MR) is 71.2 cm³/mol. The van der Waals surface area contributed by atoms with Gasteiger partial charge in [-0.25, -0.2) is 4.79 Å². The van der Waals surface area contributed by atoms with E-state index in [9.17, 15) is 4.79 Å². The largest absolute Gasteiger partial charge is 0.444 e. The van der Waals surface area contributed by atoms with Crippen LogP contribution in [0.2, 0.25) is 0 Å². The molecule has 0 aliphatic carbocycles. The lowest BCUT2D eigenvalue weighted by Gasteiger charge is -2.27. The molecule has 0 bridgehead atoms. The quantitative estimate of drug-likeness (QED) is 0.781. The van der Waals surface area contributed by atoms with Gasteiger partial charge < -0.3 is 15.4 Å². The Balaban J connectivity index is 4.07. The summed E-state index contributed by atoms with van der Waals surface area (Å²) in [6, 6.07) is 0.712. The van der Waals surface area contributed by atoms with E-state index in [1.165, 1.54) is 0 Å². The minimum atomic E-state index is -0.447. The van der Waals surface area contributed by atoms with Crippen LogP contribution in [0.5, 0.6) is 0 Å². The van der Waals surface area contributed by atoms with Crippen molar-refractivity contribution in [3.8, 4) is 0 Å². The van der Waals surface area contributed by atoms with Crippen molar-refractivity contribution in [2.45, 2.75) is 78.6 Å². The second kappa shape index (κ2) is 6.84. The fraction of sp³-hybridized carbons (Fsp3) is 0.923. The van der Waals surface area contributed by atoms with Gasteiger partial charge in [0.2, 0.25) is 0 Å². The molecule has 0 aromatic heterocycles. The highest BCUT2D eigenvalue weighted by molar-refractivity contribution is 5.68. The van der Waals surface area contributed by atoms with Crippen molar-refractivity contribution in [1.29, 1.82) is 0 Å². The molecule has 1 amide bonds. The summed E-state index contributed by atoms with van der Waals surface area (Å²) in [7, 11) is 0. The molecule has 0 saturated heterocycles. The number of carbonyl (C=O) groups is 1. The van der Waals surface area contributed by atoms with E-state index in [-0.39, 0.29) is 18.2 Å². The molecule has 4 nitrogen and oxygen atoms in total. The molecule has 102 valence electrons. The van der Waals surface area contributed by atoms with Gasteiger partial charge in [-0.15, -0.1) is 0 Å². The zero-order valence-electron chi connectivity index (χ0n) is 12.3. The number of nitrogens with one attached hydrogen (secondary N) is 2. The average molecular weight is 244 g/mol. The highest BCUT2D eigenvalue weighted by Gasteiger charge is 2.20. The van der Waals surface area contributed by atoms with Crippen molar-refractivity contribution >= 4 is 6.09 Å². The number of alkyl carbamates (subject to hydrolysis) is 1. The Morgan fingerprint density at radius 3 is 2.12 bits per heavy atom. The second-order valence-electron chi connectivity index (χ2n) is 5.70. The van der Waals surface area contributed by atoms with Crippen LogP contribution in [-0.2, 0) is 4.74 Å². The van der Waals surface area contributed by atoms with Gasteiger partial charge >= 0.3 is 6.09 Å². The van der Waals surface area contributed by atoms with Crippen molar-refractivity contribution < 1.29 is 9.53 Å². The minimum Gasteiger partial charge on any atom is -0.444 e. The number of rotatable bonds is 5. The van der Waals surface area contributed by atoms with Crippen LogP contribution < -0.4 is 10.6 Å². The van der Waals surface area contributed by atoms with E-state index >= 15 is 0 Å². The Morgan fingerprint density at radius 2 is 1.71 bits per heavy atom. The van der Waals surface area contributed by atoms with Gasteiger partial charge in [0, 0.05) is 18.1 Å². The van der Waals surface area contributed by atoms with Crippen molar-refractivity contribution in [2.75, 3.05) is 0 Å². The number of hydrogen-bond acceptors (Lipinski definition) is 3. The molecular formula is C13H28N2O2. The van der Waals surface area contributed by atoms with Crippen molar-refractivity contribution in [1.82, 2.24) is 10.6 Å². The fourth-order valence-electron chi connectivity index (χ4n) is 1.33. The topological polar surface area (TPSA) is 50.4 Å². The Labute approximate surface area is 105 Å². The third kappa shape index (κ3) is 8.02. The Bertz CT molecular complexity index is 236. The Kier molecular flexibility index (Phi) is 6.53. The summed E-state index contributed by atoms with van der Waals surface area (Å²) in [5, 5.41) is 6.27. The van der Waals surface area contributed by atoms with Crippen LogP contribution in [0.3, 0.4) is 0 Å². The molecule has 0 spiro atoms. The van der Waals surface area contributed by atoms with Gasteiger partial charge in [0.25, 0.3) is 0 Å². The molecule has 3 atom stereocenters. The Morgan fingerprint density at radius 1 is 1.18 bits per heavy atom. The SMILES string of the molecule is CCC(C)NC(C)C(C)NC(=O)OC(C)(C)C. The molecule has 0 rings (SSSR count). The first-order valence-corrected chi connectivity index (χ1v) is 6.41. The summed E-state index contributed by atoms with van der Waals surface area (Å²) in [6.45, 7) is 13.9. The summed E-state index contributed by atoms with van der Waals surface area (Å²) >= 11 is 0. The van der Waals surface area contributed by atoms with Gasteiger partial charge in [0.1, 0.15) is 5.60 Å². The number of ether oxygens (including phenoxy) is 1. The minimum absolute atomic E-state index is 0.0406. The molecule has 4 heteroatoms. The molecular weight excluding hydrogens is 216 g/mol. The van der Waals surface area contributed by atoms with Gasteiger partial charge in [0.05, 0.1) is 0 Å². The van der Waals surface area contributed by atoms with Gasteiger partial charge in [-0.1, -0.05) is 6.92 Å². The third-order valence-corrected chi connectivity index (χ3v) is 2.65. The average Bonchev–Trinajstić information content (AvgIpc) is 2.14. The molecule has 17 heavy (non-hydrogen) atoms. The van der Waals surface area contributed by atoms with Crippen LogP contribution in [0.1, 0.15) is 54.9 Å². The first-order chi connectivity index (χ1) is 7.65. The highest BCUT2D eigenvalue weighted by atomic mass is 16.6. The van der Waals surface area contributed by atoms with E-state index in [0.717, 1.165) is 6.42 Å². The molecule has 2 N–H and O–H groups in total. The molecule has 0 aromatic carbocycles. The summed E-state index contributed by atoms with van der Waals surface area (Å²) in [6.07, 6.45) is 0.714. The van der Waals surface area contributed by atoms with E-state index in [1.807, 2.05) is 27.7 Å². The van der Waals surface area contributed by atoms with Crippen LogP contribution in [0.15, 0.2) is 0 Å². The maximum Gasteiger partial charge on any atom is 0.407 e. The summed E-state index contributed by atoms with van der Waals surface area (Å²) < 4.78 is 5.21. The van der Waals surface area contributed by atoms with E-state index in [4.69, 9.17) is 4.74 Å². The molecule has 0 radical (unpaired) electrons. The second-order valence-corrected chi connectivity index (χ2v) is 5.70. The maximum absolute atomic E-state index is 11.6. The van der Waals surface area contributed by atoms with E-state index < -0.39 is 5.60 Å². The first kappa shape index (κ1) is 16.2. The van der Waals surface area contributed by atoms with E-state index in [1.54, 1.807) is 0 Å². The Hall–Kier alpha value is -0.770. The summed E-state index contributed by atoms with van der Waals surface area (Å²) in [5.74, 6) is 0. The molecule has 0 aromatic rings. The van der Waals surface area contributed by atoms with Crippen LogP contribution in [-0.4, -0.2) is 29.8 Å². The molecule has 0 aliphatic heterocycles. The van der Waals surface area contributed by atoms with Gasteiger partial charge in [-0.2, -0.15) is 0 Å². The summed E-state index contributed by atoms with van der Waals surface area (Å²) in [4.78, 5) is 11.6. The zero-order valence-corrected chi connectivity index (χ0v) is 12.3.